The fraction of sp³-hybridized carbons (Fsp3) is 0.556. The van der Waals surface area contributed by atoms with E-state index in [0.29, 0.717) is 18.0 Å². The Balaban J connectivity index is 1.79. The maximum Gasteiger partial charge on any atom is 0.233 e. The number of hydrogen-bond donors (Lipinski definition) is 3. The first kappa shape index (κ1) is 11.0. The first-order valence-corrected chi connectivity index (χ1v) is 5.48. The summed E-state index contributed by atoms with van der Waals surface area (Å²) in [6.07, 6.45) is 3.58. The van der Waals surface area contributed by atoms with Crippen molar-refractivity contribution in [2.24, 2.45) is 11.1 Å². The molecule has 0 atom stereocenters. The number of nitrogens with zero attached hydrogens (tertiary/aromatic N) is 2. The minimum atomic E-state index is -0.573. The van der Waals surface area contributed by atoms with Crippen LogP contribution in [0.5, 0.6) is 0 Å². The van der Waals surface area contributed by atoms with Crippen molar-refractivity contribution in [1.82, 2.24) is 20.5 Å². The molecule has 1 saturated carbocycles. The minimum absolute atomic E-state index is 0.0699. The molecule has 0 spiro atoms. The topological polar surface area (TPSA) is 96.7 Å². The highest BCUT2D eigenvalue weighted by atomic mass is 32.1. The first-order chi connectivity index (χ1) is 7.65. The van der Waals surface area contributed by atoms with Crippen molar-refractivity contribution in [3.8, 4) is 0 Å². The fourth-order valence-electron chi connectivity index (χ4n) is 1.53. The van der Waals surface area contributed by atoms with Gasteiger partial charge in [-0.25, -0.2) is 4.98 Å². The van der Waals surface area contributed by atoms with E-state index in [1.54, 1.807) is 0 Å². The van der Waals surface area contributed by atoms with E-state index in [-0.39, 0.29) is 5.91 Å². The molecule has 0 unspecified atom stereocenters. The highest BCUT2D eigenvalue weighted by molar-refractivity contribution is 7.80. The third-order valence-electron chi connectivity index (χ3n) is 2.77. The Morgan fingerprint density at radius 3 is 2.94 bits per heavy atom. The predicted molar refractivity (Wildman–Crippen MR) is 61.5 cm³/mol. The monoisotopic (exact) mass is 239 g/mol. The number of nitrogens with one attached hydrogen (secondary N) is 2. The molecule has 1 heterocycles. The smallest absolute Gasteiger partial charge is 0.233 e. The summed E-state index contributed by atoms with van der Waals surface area (Å²) in [6, 6.07) is 0. The quantitative estimate of drug-likeness (QED) is 0.604. The Morgan fingerprint density at radius 1 is 1.69 bits per heavy atom. The zero-order valence-electron chi connectivity index (χ0n) is 8.69. The summed E-state index contributed by atoms with van der Waals surface area (Å²) in [4.78, 5) is 16.0. The van der Waals surface area contributed by atoms with Crippen molar-refractivity contribution in [1.29, 1.82) is 0 Å². The summed E-state index contributed by atoms with van der Waals surface area (Å²) in [5, 5.41) is 9.26. The van der Waals surface area contributed by atoms with E-state index in [1.165, 1.54) is 6.33 Å². The molecule has 0 aliphatic heterocycles. The van der Waals surface area contributed by atoms with Crippen molar-refractivity contribution in [3.05, 3.63) is 12.2 Å². The number of amides is 1. The third kappa shape index (κ3) is 2.04. The van der Waals surface area contributed by atoms with Crippen LogP contribution >= 0.6 is 12.2 Å². The average Bonchev–Trinajstić information content (AvgIpc) is 2.92. The molecule has 0 saturated heterocycles. The molecule has 0 bridgehead atoms. The number of aromatic amines is 1. The van der Waals surface area contributed by atoms with Crippen LogP contribution in [0.1, 0.15) is 18.7 Å². The lowest BCUT2D eigenvalue weighted by molar-refractivity contribution is -0.123. The second kappa shape index (κ2) is 4.17. The van der Waals surface area contributed by atoms with Gasteiger partial charge in [-0.2, -0.15) is 5.10 Å². The standard InChI is InChI=1S/C9H13N5OS/c10-7(16)9(2-3-9)8(15)11-4-1-6-12-5-13-14-6/h5H,1-4H2,(H2,10,16)(H,11,15)(H,12,13,14). The number of hydrogen-bond acceptors (Lipinski definition) is 4. The van der Waals surface area contributed by atoms with Crippen molar-refractivity contribution in [3.63, 3.8) is 0 Å². The Morgan fingerprint density at radius 2 is 2.44 bits per heavy atom. The van der Waals surface area contributed by atoms with Crippen LogP contribution in [0.2, 0.25) is 0 Å². The molecule has 0 radical (unpaired) electrons. The molecule has 1 aliphatic rings. The second-order valence-corrected chi connectivity index (χ2v) is 4.32. The molecule has 86 valence electrons. The molecule has 7 heteroatoms. The van der Waals surface area contributed by atoms with Gasteiger partial charge in [0.15, 0.2) is 0 Å². The van der Waals surface area contributed by atoms with Crippen molar-refractivity contribution in [2.45, 2.75) is 19.3 Å². The second-order valence-electron chi connectivity index (χ2n) is 3.88. The molecular weight excluding hydrogens is 226 g/mol. The van der Waals surface area contributed by atoms with Gasteiger partial charge in [-0.3, -0.25) is 9.89 Å². The van der Waals surface area contributed by atoms with Gasteiger partial charge in [0.2, 0.25) is 5.91 Å². The average molecular weight is 239 g/mol. The molecule has 1 amide bonds. The largest absolute Gasteiger partial charge is 0.392 e. The van der Waals surface area contributed by atoms with Gasteiger partial charge < -0.3 is 11.1 Å². The van der Waals surface area contributed by atoms with E-state index in [4.69, 9.17) is 18.0 Å². The van der Waals surface area contributed by atoms with E-state index >= 15 is 0 Å². The zero-order chi connectivity index (χ0) is 11.6. The van der Waals surface area contributed by atoms with E-state index in [1.807, 2.05) is 0 Å². The number of thiocarbonyl (C=S) groups is 1. The van der Waals surface area contributed by atoms with E-state index in [9.17, 15) is 4.79 Å². The summed E-state index contributed by atoms with van der Waals surface area (Å²) in [5.74, 6) is 0.681. The number of carbonyl (C=O) groups excluding carboxylic acids is 1. The zero-order valence-corrected chi connectivity index (χ0v) is 9.51. The number of H-pyrrole nitrogens is 1. The number of carbonyl (C=O) groups is 1. The predicted octanol–water partition coefficient (Wildman–Crippen LogP) is -0.470. The number of nitrogens with two attached hydrogens (primary N) is 1. The van der Waals surface area contributed by atoms with Crippen LogP contribution in [-0.2, 0) is 11.2 Å². The van der Waals surface area contributed by atoms with Gasteiger partial charge in [0.25, 0.3) is 0 Å². The lowest BCUT2D eigenvalue weighted by Gasteiger charge is -2.12. The highest BCUT2D eigenvalue weighted by Gasteiger charge is 2.52. The molecule has 6 nitrogen and oxygen atoms in total. The van der Waals surface area contributed by atoms with E-state index in [2.05, 4.69) is 20.5 Å². The maximum atomic E-state index is 11.8. The van der Waals surface area contributed by atoms with Crippen LogP contribution in [0, 0.1) is 5.41 Å². The summed E-state index contributed by atoms with van der Waals surface area (Å²) in [6.45, 7) is 0.512. The van der Waals surface area contributed by atoms with Crippen LogP contribution in [-0.4, -0.2) is 32.6 Å². The van der Waals surface area contributed by atoms with Crippen molar-refractivity contribution < 1.29 is 4.79 Å². The fourth-order valence-corrected chi connectivity index (χ4v) is 1.82. The molecule has 16 heavy (non-hydrogen) atoms. The third-order valence-corrected chi connectivity index (χ3v) is 3.16. The van der Waals surface area contributed by atoms with E-state index < -0.39 is 5.41 Å². The van der Waals surface area contributed by atoms with Gasteiger partial charge in [-0.15, -0.1) is 0 Å². The Hall–Kier alpha value is -1.50. The van der Waals surface area contributed by atoms with Gasteiger partial charge in [0, 0.05) is 13.0 Å². The van der Waals surface area contributed by atoms with E-state index in [0.717, 1.165) is 18.7 Å². The van der Waals surface area contributed by atoms with Crippen LogP contribution < -0.4 is 11.1 Å². The SMILES string of the molecule is NC(=S)C1(C(=O)NCCc2ncn[nH]2)CC1. The molecule has 1 aliphatic carbocycles. The maximum absolute atomic E-state index is 11.8. The van der Waals surface area contributed by atoms with Crippen molar-refractivity contribution in [2.75, 3.05) is 6.54 Å². The molecule has 1 aromatic rings. The van der Waals surface area contributed by atoms with Gasteiger partial charge in [-0.1, -0.05) is 12.2 Å². The van der Waals surface area contributed by atoms with Crippen LogP contribution in [0.15, 0.2) is 6.33 Å². The van der Waals surface area contributed by atoms with Crippen LogP contribution in [0.3, 0.4) is 0 Å². The lowest BCUT2D eigenvalue weighted by Crippen LogP contribution is -2.40. The molecule has 1 fully saturated rings. The van der Waals surface area contributed by atoms with Crippen LogP contribution in [0.25, 0.3) is 0 Å². The number of aromatic nitrogens is 3. The first-order valence-electron chi connectivity index (χ1n) is 5.07. The van der Waals surface area contributed by atoms with Gasteiger partial charge >= 0.3 is 0 Å². The molecule has 1 aromatic heterocycles. The van der Waals surface area contributed by atoms with Crippen LogP contribution in [0.4, 0.5) is 0 Å². The lowest BCUT2D eigenvalue weighted by atomic mass is 10.1. The summed E-state index contributed by atoms with van der Waals surface area (Å²) in [5.41, 5.74) is 4.97. The summed E-state index contributed by atoms with van der Waals surface area (Å²) >= 11 is 4.89. The highest BCUT2D eigenvalue weighted by Crippen LogP contribution is 2.46. The Labute approximate surface area is 98.0 Å². The van der Waals surface area contributed by atoms with Gasteiger partial charge in [0.05, 0.1) is 10.4 Å². The molecular formula is C9H13N5OS. The summed E-state index contributed by atoms with van der Waals surface area (Å²) < 4.78 is 0. The van der Waals surface area contributed by atoms with Crippen molar-refractivity contribution >= 4 is 23.1 Å². The minimum Gasteiger partial charge on any atom is -0.392 e. The normalized spacial score (nSPS) is 16.8. The number of rotatable bonds is 5. The summed E-state index contributed by atoms with van der Waals surface area (Å²) in [7, 11) is 0. The Kier molecular flexibility index (Phi) is 2.86. The van der Waals surface area contributed by atoms with Gasteiger partial charge in [-0.05, 0) is 12.8 Å². The van der Waals surface area contributed by atoms with Gasteiger partial charge in [0.1, 0.15) is 12.2 Å². The molecule has 4 N–H and O–H groups in total. The molecule has 2 rings (SSSR count). The molecule has 0 aromatic carbocycles. The Bertz CT molecular complexity index is 398.